The first-order chi connectivity index (χ1) is 12.5. The van der Waals surface area contributed by atoms with Gasteiger partial charge in [-0.25, -0.2) is 9.97 Å². The first-order valence-corrected chi connectivity index (χ1v) is 9.13. The number of aryl methyl sites for hydroxylation is 3. The zero-order valence-electron chi connectivity index (χ0n) is 15.1. The van der Waals surface area contributed by atoms with Gasteiger partial charge >= 0.3 is 0 Å². The summed E-state index contributed by atoms with van der Waals surface area (Å²) in [6.07, 6.45) is 1.02. The molecule has 1 amide bonds. The maximum atomic E-state index is 12.3. The minimum absolute atomic E-state index is 0.0566. The number of nitrogens with one attached hydrogen (secondary N) is 1. The molecular weight excluding hydrogens is 352 g/mol. The van der Waals surface area contributed by atoms with E-state index in [9.17, 15) is 4.79 Å². The fraction of sp³-hybridized carbons (Fsp3) is 0.421. The van der Waals surface area contributed by atoms with E-state index in [2.05, 4.69) is 20.2 Å². The van der Waals surface area contributed by atoms with E-state index in [0.29, 0.717) is 42.7 Å². The Bertz CT molecular complexity index is 768. The normalized spacial score (nSPS) is 14.3. The summed E-state index contributed by atoms with van der Waals surface area (Å²) in [5, 5.41) is 3.64. The Hall–Kier alpha value is -2.18. The smallest absolute Gasteiger partial charge is 0.226 e. The fourth-order valence-corrected chi connectivity index (χ4v) is 3.15. The van der Waals surface area contributed by atoms with Crippen LogP contribution in [0.1, 0.15) is 23.4 Å². The van der Waals surface area contributed by atoms with Gasteiger partial charge in [-0.2, -0.15) is 0 Å². The number of morpholine rings is 1. The lowest BCUT2D eigenvalue weighted by Gasteiger charge is -2.27. The van der Waals surface area contributed by atoms with Crippen LogP contribution in [-0.2, 0) is 16.0 Å². The summed E-state index contributed by atoms with van der Waals surface area (Å²) in [6, 6.07) is 7.56. The number of anilines is 2. The molecule has 0 aliphatic carbocycles. The number of halogens is 1. The average Bonchev–Trinajstić information content (AvgIpc) is 2.63. The van der Waals surface area contributed by atoms with Crippen LogP contribution < -0.4 is 10.2 Å². The molecule has 2 heterocycles. The third kappa shape index (κ3) is 4.71. The Kier molecular flexibility index (Phi) is 6.06. The Morgan fingerprint density at radius 1 is 1.23 bits per heavy atom. The second-order valence-corrected chi connectivity index (χ2v) is 6.78. The number of carbonyl (C=O) groups excluding carboxylic acids is 1. The van der Waals surface area contributed by atoms with Crippen LogP contribution in [0.4, 0.5) is 11.6 Å². The van der Waals surface area contributed by atoms with E-state index in [1.54, 1.807) is 0 Å². The topological polar surface area (TPSA) is 67.3 Å². The van der Waals surface area contributed by atoms with E-state index < -0.39 is 0 Å². The van der Waals surface area contributed by atoms with Crippen LogP contribution in [0.3, 0.4) is 0 Å². The van der Waals surface area contributed by atoms with Gasteiger partial charge in [0.1, 0.15) is 0 Å². The molecule has 0 atom stereocenters. The van der Waals surface area contributed by atoms with Crippen molar-refractivity contribution in [3.8, 4) is 0 Å². The molecule has 0 spiro atoms. The van der Waals surface area contributed by atoms with Crippen LogP contribution in [0.25, 0.3) is 0 Å². The zero-order valence-corrected chi connectivity index (χ0v) is 15.8. The molecule has 0 bridgehead atoms. The van der Waals surface area contributed by atoms with Crippen molar-refractivity contribution < 1.29 is 9.53 Å². The lowest BCUT2D eigenvalue weighted by atomic mass is 10.1. The first-order valence-electron chi connectivity index (χ1n) is 8.75. The predicted molar refractivity (Wildman–Crippen MR) is 103 cm³/mol. The molecule has 6 nitrogen and oxygen atoms in total. The summed E-state index contributed by atoms with van der Waals surface area (Å²) < 4.78 is 5.37. The highest BCUT2D eigenvalue weighted by atomic mass is 35.5. The van der Waals surface area contributed by atoms with Crippen molar-refractivity contribution >= 4 is 29.1 Å². The molecule has 0 saturated carbocycles. The van der Waals surface area contributed by atoms with Crippen LogP contribution >= 0.6 is 11.6 Å². The van der Waals surface area contributed by atoms with Gasteiger partial charge in [0.2, 0.25) is 11.9 Å². The molecular formula is C19H23ClN4O2. The van der Waals surface area contributed by atoms with Crippen LogP contribution in [0.15, 0.2) is 24.3 Å². The molecule has 1 aliphatic rings. The number of amides is 1. The van der Waals surface area contributed by atoms with Crippen LogP contribution in [0.2, 0.25) is 5.02 Å². The second kappa shape index (κ2) is 8.47. The van der Waals surface area contributed by atoms with E-state index in [1.165, 1.54) is 0 Å². The van der Waals surface area contributed by atoms with Crippen molar-refractivity contribution in [1.82, 2.24) is 9.97 Å². The highest BCUT2D eigenvalue weighted by Gasteiger charge is 2.17. The van der Waals surface area contributed by atoms with Gasteiger partial charge in [0.05, 0.1) is 30.3 Å². The summed E-state index contributed by atoms with van der Waals surface area (Å²) in [7, 11) is 0. The van der Waals surface area contributed by atoms with E-state index in [-0.39, 0.29) is 5.91 Å². The molecule has 3 rings (SSSR count). The van der Waals surface area contributed by atoms with Gasteiger partial charge in [-0.3, -0.25) is 4.79 Å². The predicted octanol–water partition coefficient (Wildman–Crippen LogP) is 3.15. The van der Waals surface area contributed by atoms with Gasteiger partial charge in [0.25, 0.3) is 0 Å². The molecule has 1 aliphatic heterocycles. The van der Waals surface area contributed by atoms with Crippen molar-refractivity contribution in [3.63, 3.8) is 0 Å². The minimum Gasteiger partial charge on any atom is -0.378 e. The Balaban J connectivity index is 1.64. The molecule has 7 heteroatoms. The average molecular weight is 375 g/mol. The van der Waals surface area contributed by atoms with Crippen LogP contribution in [-0.4, -0.2) is 42.2 Å². The number of ether oxygens (including phenoxy) is 1. The van der Waals surface area contributed by atoms with Crippen molar-refractivity contribution in [1.29, 1.82) is 0 Å². The number of hydrogen-bond acceptors (Lipinski definition) is 5. The Morgan fingerprint density at radius 2 is 1.92 bits per heavy atom. The molecule has 1 N–H and O–H groups in total. The van der Waals surface area contributed by atoms with Gasteiger partial charge in [-0.15, -0.1) is 0 Å². The number of aromatic nitrogens is 2. The highest BCUT2D eigenvalue weighted by Crippen LogP contribution is 2.21. The third-order valence-electron chi connectivity index (χ3n) is 4.35. The van der Waals surface area contributed by atoms with E-state index in [0.717, 1.165) is 30.0 Å². The Labute approximate surface area is 158 Å². The maximum absolute atomic E-state index is 12.3. The van der Waals surface area contributed by atoms with Gasteiger partial charge < -0.3 is 15.0 Å². The van der Waals surface area contributed by atoms with Gasteiger partial charge in [0.15, 0.2) is 0 Å². The zero-order chi connectivity index (χ0) is 18.5. The van der Waals surface area contributed by atoms with Gasteiger partial charge in [0, 0.05) is 24.5 Å². The summed E-state index contributed by atoms with van der Waals surface area (Å²) in [5.41, 5.74) is 3.28. The number of rotatable bonds is 5. The summed E-state index contributed by atoms with van der Waals surface area (Å²) >= 11 is 5.98. The van der Waals surface area contributed by atoms with E-state index >= 15 is 0 Å². The monoisotopic (exact) mass is 374 g/mol. The van der Waals surface area contributed by atoms with Crippen molar-refractivity contribution in [2.45, 2.75) is 26.7 Å². The second-order valence-electron chi connectivity index (χ2n) is 6.35. The fourth-order valence-electron chi connectivity index (χ4n) is 2.94. The van der Waals surface area contributed by atoms with Crippen LogP contribution in [0.5, 0.6) is 0 Å². The van der Waals surface area contributed by atoms with Crippen molar-refractivity contribution in [2.24, 2.45) is 0 Å². The molecule has 26 heavy (non-hydrogen) atoms. The highest BCUT2D eigenvalue weighted by molar-refractivity contribution is 6.30. The van der Waals surface area contributed by atoms with E-state index in [4.69, 9.17) is 16.3 Å². The maximum Gasteiger partial charge on any atom is 0.226 e. The lowest BCUT2D eigenvalue weighted by molar-refractivity contribution is -0.116. The molecule has 138 valence electrons. The molecule has 1 fully saturated rings. The Morgan fingerprint density at radius 3 is 2.58 bits per heavy atom. The quantitative estimate of drug-likeness (QED) is 0.870. The number of nitrogens with zero attached hydrogens (tertiary/aromatic N) is 3. The van der Waals surface area contributed by atoms with Crippen molar-refractivity contribution in [2.75, 3.05) is 36.5 Å². The molecule has 0 radical (unpaired) electrons. The lowest BCUT2D eigenvalue weighted by Crippen LogP contribution is -2.37. The third-order valence-corrected chi connectivity index (χ3v) is 4.58. The SMILES string of the molecule is Cc1nc(N2CCOCC2)nc(C)c1NC(=O)CCc1cccc(Cl)c1. The summed E-state index contributed by atoms with van der Waals surface area (Å²) in [5.74, 6) is 0.638. The number of benzene rings is 1. The number of hydrogen-bond donors (Lipinski definition) is 1. The van der Waals surface area contributed by atoms with Crippen LogP contribution in [0, 0.1) is 13.8 Å². The molecule has 0 unspecified atom stereocenters. The molecule has 1 saturated heterocycles. The summed E-state index contributed by atoms with van der Waals surface area (Å²) in [4.78, 5) is 23.6. The molecule has 1 aromatic heterocycles. The standard InChI is InChI=1S/C19H23ClN4O2/c1-13-18(14(2)22-19(21-13)24-8-10-26-11-9-24)23-17(25)7-6-15-4-3-5-16(20)12-15/h3-5,12H,6-11H2,1-2H3,(H,23,25). The van der Waals surface area contributed by atoms with Gasteiger partial charge in [-0.1, -0.05) is 23.7 Å². The largest absolute Gasteiger partial charge is 0.378 e. The minimum atomic E-state index is -0.0566. The molecule has 2 aromatic rings. The first kappa shape index (κ1) is 18.6. The van der Waals surface area contributed by atoms with Crippen molar-refractivity contribution in [3.05, 3.63) is 46.2 Å². The molecule has 1 aromatic carbocycles. The summed E-state index contributed by atoms with van der Waals surface area (Å²) in [6.45, 7) is 6.72. The number of carbonyl (C=O) groups is 1. The van der Waals surface area contributed by atoms with Gasteiger partial charge in [-0.05, 0) is 38.0 Å². The van der Waals surface area contributed by atoms with E-state index in [1.807, 2.05) is 38.1 Å².